The van der Waals surface area contributed by atoms with E-state index < -0.39 is 0 Å². The van der Waals surface area contributed by atoms with Crippen LogP contribution in [0.2, 0.25) is 0 Å². The third-order valence-corrected chi connectivity index (χ3v) is 2.46. The Labute approximate surface area is 101 Å². The lowest BCUT2D eigenvalue weighted by Gasteiger charge is -2.03. The van der Waals surface area contributed by atoms with Crippen molar-refractivity contribution < 1.29 is 4.74 Å². The topological polar surface area (TPSA) is 9.23 Å². The molecule has 0 N–H and O–H groups in total. The summed E-state index contributed by atoms with van der Waals surface area (Å²) in [5.74, 6) is 0. The molecule has 0 bridgehead atoms. The highest BCUT2D eigenvalue weighted by Gasteiger charge is 1.97. The average Bonchev–Trinajstić information content (AvgIpc) is 2.38. The Kier molecular flexibility index (Phi) is 3.97. The molecule has 2 aromatic rings. The van der Waals surface area contributed by atoms with Gasteiger partial charge < -0.3 is 4.74 Å². The first-order valence-corrected chi connectivity index (χ1v) is 5.40. The van der Waals surface area contributed by atoms with Crippen LogP contribution in [0.1, 0.15) is 5.56 Å². The van der Waals surface area contributed by atoms with Crippen LogP contribution in [-0.2, 0) is 11.3 Å². The lowest BCUT2D eigenvalue weighted by molar-refractivity contribution is 0.214. The van der Waals surface area contributed by atoms with E-state index in [0.29, 0.717) is 6.61 Å². The van der Waals surface area contributed by atoms with E-state index in [1.165, 1.54) is 11.1 Å². The van der Waals surface area contributed by atoms with Gasteiger partial charge in [-0.15, -0.1) is 0 Å². The third kappa shape index (κ3) is 2.84. The SMILES string of the molecule is Cl[C]OCc1ccc(-c2ccccc2)cc1. The van der Waals surface area contributed by atoms with Gasteiger partial charge in [0, 0.05) is 0 Å². The van der Waals surface area contributed by atoms with Crippen LogP contribution >= 0.6 is 11.6 Å². The molecule has 0 aliphatic rings. The van der Waals surface area contributed by atoms with Gasteiger partial charge in [-0.25, -0.2) is 0 Å². The van der Waals surface area contributed by atoms with Gasteiger partial charge in [-0.05, 0) is 16.7 Å². The molecule has 0 atom stereocenters. The highest BCUT2D eigenvalue weighted by Crippen LogP contribution is 2.19. The van der Waals surface area contributed by atoms with Crippen LogP contribution in [0.4, 0.5) is 0 Å². The molecule has 2 heteroatoms. The molecular formula is C14H11ClO. The lowest BCUT2D eigenvalue weighted by atomic mass is 10.0. The molecule has 80 valence electrons. The second-order valence-electron chi connectivity index (χ2n) is 3.43. The number of ether oxygens (including phenoxy) is 1. The van der Waals surface area contributed by atoms with Gasteiger partial charge in [-0.1, -0.05) is 66.2 Å². The fraction of sp³-hybridized carbons (Fsp3) is 0.0714. The molecule has 0 aromatic heterocycles. The Hall–Kier alpha value is -1.31. The second-order valence-corrected chi connectivity index (χ2v) is 3.58. The molecule has 2 radical (unpaired) electrons. The van der Waals surface area contributed by atoms with E-state index in [9.17, 15) is 0 Å². The van der Waals surface area contributed by atoms with Crippen LogP contribution in [0.25, 0.3) is 11.1 Å². The second kappa shape index (κ2) is 5.69. The fourth-order valence-corrected chi connectivity index (χ4v) is 1.59. The largest absolute Gasteiger partial charge is 0.347 e. The molecule has 0 heterocycles. The number of hydrogen-bond donors (Lipinski definition) is 0. The number of hydrogen-bond acceptors (Lipinski definition) is 1. The van der Waals surface area contributed by atoms with E-state index in [1.807, 2.05) is 30.3 Å². The van der Waals surface area contributed by atoms with Crippen molar-refractivity contribution in [2.24, 2.45) is 0 Å². The molecule has 0 fully saturated rings. The Bertz CT molecular complexity index is 422. The summed E-state index contributed by atoms with van der Waals surface area (Å²) < 4.78 is 4.88. The molecule has 0 unspecified atom stereocenters. The molecule has 16 heavy (non-hydrogen) atoms. The monoisotopic (exact) mass is 230 g/mol. The van der Waals surface area contributed by atoms with E-state index in [0.717, 1.165) is 5.56 Å². The van der Waals surface area contributed by atoms with Crippen molar-refractivity contribution in [1.82, 2.24) is 0 Å². The van der Waals surface area contributed by atoms with Crippen molar-refractivity contribution in [2.75, 3.05) is 0 Å². The molecule has 0 aliphatic heterocycles. The van der Waals surface area contributed by atoms with Gasteiger partial charge in [0.2, 0.25) is 6.07 Å². The van der Waals surface area contributed by atoms with Gasteiger partial charge >= 0.3 is 0 Å². The zero-order chi connectivity index (χ0) is 11.2. The number of halogens is 1. The molecule has 2 aromatic carbocycles. The van der Waals surface area contributed by atoms with E-state index in [4.69, 9.17) is 16.3 Å². The highest BCUT2D eigenvalue weighted by atomic mass is 35.5. The van der Waals surface area contributed by atoms with E-state index >= 15 is 0 Å². The molecule has 2 rings (SSSR count). The van der Waals surface area contributed by atoms with Gasteiger partial charge in [0.25, 0.3) is 0 Å². The summed E-state index contributed by atoms with van der Waals surface area (Å²) in [6.07, 6.45) is 0. The molecule has 0 saturated carbocycles. The summed E-state index contributed by atoms with van der Waals surface area (Å²) in [5, 5.41) is 0. The maximum Gasteiger partial charge on any atom is 0.237 e. The summed E-state index contributed by atoms with van der Waals surface area (Å²) in [6, 6.07) is 20.6. The minimum atomic E-state index is 0.457. The fourth-order valence-electron chi connectivity index (χ4n) is 1.53. The Morgan fingerprint density at radius 3 is 2.12 bits per heavy atom. The van der Waals surface area contributed by atoms with Crippen molar-refractivity contribution in [1.29, 1.82) is 0 Å². The van der Waals surface area contributed by atoms with Crippen molar-refractivity contribution in [2.45, 2.75) is 6.61 Å². The van der Waals surface area contributed by atoms with Crippen LogP contribution in [-0.4, -0.2) is 0 Å². The first kappa shape index (κ1) is 11.2. The summed E-state index contributed by atoms with van der Waals surface area (Å²) in [6.45, 7) is 0.457. The van der Waals surface area contributed by atoms with Crippen LogP contribution in [0.5, 0.6) is 0 Å². The number of benzene rings is 2. The van der Waals surface area contributed by atoms with Crippen LogP contribution in [0.15, 0.2) is 54.6 Å². The summed E-state index contributed by atoms with van der Waals surface area (Å²) in [4.78, 5) is 0. The minimum Gasteiger partial charge on any atom is -0.347 e. The van der Waals surface area contributed by atoms with Crippen molar-refractivity contribution in [3.63, 3.8) is 0 Å². The predicted octanol–water partition coefficient (Wildman–Crippen LogP) is 4.11. The molecule has 0 amide bonds. The van der Waals surface area contributed by atoms with E-state index in [2.05, 4.69) is 30.3 Å². The molecular weight excluding hydrogens is 220 g/mol. The lowest BCUT2D eigenvalue weighted by Crippen LogP contribution is -1.87. The van der Waals surface area contributed by atoms with Crippen molar-refractivity contribution in [3.8, 4) is 11.1 Å². The van der Waals surface area contributed by atoms with Crippen LogP contribution < -0.4 is 0 Å². The third-order valence-electron chi connectivity index (χ3n) is 2.35. The average molecular weight is 231 g/mol. The van der Waals surface area contributed by atoms with Crippen molar-refractivity contribution in [3.05, 3.63) is 66.2 Å². The summed E-state index contributed by atoms with van der Waals surface area (Å²) >= 11 is 5.21. The zero-order valence-corrected chi connectivity index (χ0v) is 9.45. The first-order chi connectivity index (χ1) is 7.90. The highest BCUT2D eigenvalue weighted by molar-refractivity contribution is 6.22. The minimum absolute atomic E-state index is 0.457. The standard InChI is InChI=1S/C14H11ClO/c15-11-16-10-12-6-8-14(9-7-12)13-4-2-1-3-5-13/h1-9H,10H2. The summed E-state index contributed by atoms with van der Waals surface area (Å²) in [7, 11) is 0. The maximum absolute atomic E-state index is 5.21. The summed E-state index contributed by atoms with van der Waals surface area (Å²) in [5.41, 5.74) is 3.49. The smallest absolute Gasteiger partial charge is 0.237 e. The van der Waals surface area contributed by atoms with Crippen LogP contribution in [0, 0.1) is 6.07 Å². The zero-order valence-electron chi connectivity index (χ0n) is 8.69. The quantitative estimate of drug-likeness (QED) is 0.768. The van der Waals surface area contributed by atoms with Gasteiger partial charge in [-0.2, -0.15) is 0 Å². The maximum atomic E-state index is 5.21. The van der Waals surface area contributed by atoms with E-state index in [-0.39, 0.29) is 0 Å². The molecule has 1 nitrogen and oxygen atoms in total. The Balaban J connectivity index is 2.13. The van der Waals surface area contributed by atoms with E-state index in [1.54, 1.807) is 0 Å². The molecule has 0 aliphatic carbocycles. The van der Waals surface area contributed by atoms with Gasteiger partial charge in [0.15, 0.2) is 0 Å². The molecule has 0 spiro atoms. The van der Waals surface area contributed by atoms with Gasteiger partial charge in [0.05, 0.1) is 6.61 Å². The van der Waals surface area contributed by atoms with Crippen molar-refractivity contribution >= 4 is 11.6 Å². The Morgan fingerprint density at radius 2 is 1.50 bits per heavy atom. The number of rotatable bonds is 4. The van der Waals surface area contributed by atoms with Crippen LogP contribution in [0.3, 0.4) is 0 Å². The Morgan fingerprint density at radius 1 is 0.875 bits per heavy atom. The predicted molar refractivity (Wildman–Crippen MR) is 65.8 cm³/mol. The molecule has 0 saturated heterocycles. The first-order valence-electron chi connectivity index (χ1n) is 5.02. The normalized spacial score (nSPS) is 10.3. The van der Waals surface area contributed by atoms with Gasteiger partial charge in [0.1, 0.15) is 0 Å². The van der Waals surface area contributed by atoms with Gasteiger partial charge in [-0.3, -0.25) is 0 Å².